The van der Waals surface area contributed by atoms with E-state index in [-0.39, 0.29) is 10.2 Å². The number of nitrogens with zero attached hydrogens (tertiary/aromatic N) is 2. The highest BCUT2D eigenvalue weighted by molar-refractivity contribution is 7.93. The monoisotopic (exact) mass is 734 g/mol. The minimum Gasteiger partial charge on any atom is -0.490 e. The average Bonchev–Trinajstić information content (AvgIpc) is 3.40. The van der Waals surface area contributed by atoms with E-state index in [1.54, 1.807) is 12.1 Å². The number of nitrogens with two attached hydrogens (primary N) is 2. The van der Waals surface area contributed by atoms with E-state index in [0.29, 0.717) is 66.8 Å². The molecule has 0 bridgehead atoms. The Labute approximate surface area is 266 Å². The number of sulfonamides is 1. The van der Waals surface area contributed by atoms with Crippen LogP contribution in [0.5, 0.6) is 17.2 Å². The highest BCUT2D eigenvalue weighted by Crippen LogP contribution is 2.43. The number of hydrogen-bond acceptors (Lipinski definition) is 11. The van der Waals surface area contributed by atoms with E-state index in [1.165, 1.54) is 12.1 Å². The molecule has 13 nitrogen and oxygen atoms in total. The van der Waals surface area contributed by atoms with Crippen LogP contribution in [-0.4, -0.2) is 62.8 Å². The van der Waals surface area contributed by atoms with E-state index in [2.05, 4.69) is 4.40 Å². The van der Waals surface area contributed by atoms with Gasteiger partial charge in [0.05, 0.1) is 30.4 Å². The van der Waals surface area contributed by atoms with Crippen LogP contribution >= 0.6 is 18.9 Å². The molecule has 0 aliphatic heterocycles. The van der Waals surface area contributed by atoms with Gasteiger partial charge in [-0.1, -0.05) is 0 Å². The summed E-state index contributed by atoms with van der Waals surface area (Å²) in [4.78, 5) is 18.9. The second kappa shape index (κ2) is 16.3. The van der Waals surface area contributed by atoms with Crippen LogP contribution in [0.25, 0.3) is 10.1 Å². The van der Waals surface area contributed by atoms with Gasteiger partial charge in [-0.3, -0.25) is 0 Å². The van der Waals surface area contributed by atoms with Crippen molar-refractivity contribution in [3.05, 3.63) is 47.5 Å². The standard InChI is InChI=1S/C23H24F3N4O7PS2.C2HF3O2/c24-23(25,26)18-11-17(4-3-15(18)13-29)37-38(31,32)14-30-40(33,34)22-10-16-9-19(35-7-1-5-27)20(12-21(16)39-22)36-8-2-6-28;3-2(4,5)1(6)7/h3-4,9-12,14H,1-2,5-8,27-28H2,(H,31,32);(H,6,7). The number of thiophene rings is 1. The van der Waals surface area contributed by atoms with E-state index in [0.717, 1.165) is 23.5 Å². The first-order valence-electron chi connectivity index (χ1n) is 12.7. The number of rotatable bonds is 13. The normalized spacial score (nSPS) is 13.4. The van der Waals surface area contributed by atoms with Crippen LogP contribution in [0.2, 0.25) is 0 Å². The zero-order valence-corrected chi connectivity index (χ0v) is 26.1. The third-order valence-electron chi connectivity index (χ3n) is 5.25. The fourth-order valence-corrected chi connectivity index (χ4v) is 6.61. The molecule has 6 N–H and O–H groups in total. The summed E-state index contributed by atoms with van der Waals surface area (Å²) in [5, 5.41) is 16.5. The summed E-state index contributed by atoms with van der Waals surface area (Å²) in [7, 11) is -9.50. The van der Waals surface area contributed by atoms with Gasteiger partial charge in [0.1, 0.15) is 15.9 Å². The Morgan fingerprint density at radius 3 is 2.06 bits per heavy atom. The maximum absolute atomic E-state index is 13.2. The van der Waals surface area contributed by atoms with Gasteiger partial charge in [-0.05, 0) is 61.6 Å². The van der Waals surface area contributed by atoms with E-state index >= 15 is 0 Å². The van der Waals surface area contributed by atoms with Gasteiger partial charge in [0.15, 0.2) is 11.5 Å². The molecule has 0 amide bonds. The van der Waals surface area contributed by atoms with Gasteiger partial charge in [0.25, 0.3) is 10.0 Å². The Morgan fingerprint density at radius 2 is 1.57 bits per heavy atom. The Bertz CT molecular complexity index is 1740. The first-order valence-corrected chi connectivity index (χ1v) is 16.6. The molecule has 3 aromatic rings. The molecular formula is C25H25F6N4O9PS2. The van der Waals surface area contributed by atoms with Gasteiger partial charge in [0, 0.05) is 10.8 Å². The lowest BCUT2D eigenvalue weighted by atomic mass is 10.1. The molecule has 1 aromatic heterocycles. The van der Waals surface area contributed by atoms with Crippen molar-refractivity contribution in [1.82, 2.24) is 0 Å². The van der Waals surface area contributed by atoms with Crippen molar-refractivity contribution in [2.75, 3.05) is 26.3 Å². The molecule has 1 atom stereocenters. The number of ether oxygens (including phenoxy) is 2. The quantitative estimate of drug-likeness (QED) is 0.0800. The van der Waals surface area contributed by atoms with Crippen molar-refractivity contribution in [3.8, 4) is 23.3 Å². The van der Waals surface area contributed by atoms with E-state index in [1.807, 2.05) is 0 Å². The fraction of sp³-hybridized carbons (Fsp3) is 0.320. The van der Waals surface area contributed by atoms with Crippen LogP contribution in [0, 0.1) is 11.3 Å². The Balaban J connectivity index is 0.000000984. The van der Waals surface area contributed by atoms with Crippen LogP contribution in [0.1, 0.15) is 24.0 Å². The van der Waals surface area contributed by atoms with Gasteiger partial charge < -0.3 is 35.5 Å². The molecule has 0 spiro atoms. The number of fused-ring (bicyclic) bond motifs is 1. The van der Waals surface area contributed by atoms with Crippen molar-refractivity contribution in [2.45, 2.75) is 29.4 Å². The molecule has 1 unspecified atom stereocenters. The van der Waals surface area contributed by atoms with Crippen molar-refractivity contribution < 1.29 is 68.1 Å². The number of carbonyl (C=O) groups is 1. The number of carboxylic acids is 1. The van der Waals surface area contributed by atoms with E-state index < -0.39 is 52.8 Å². The number of aliphatic carboxylic acids is 1. The highest BCUT2D eigenvalue weighted by atomic mass is 32.2. The molecule has 3 rings (SSSR count). The van der Waals surface area contributed by atoms with Crippen molar-refractivity contribution in [1.29, 1.82) is 5.26 Å². The maximum Gasteiger partial charge on any atom is 0.490 e. The first-order chi connectivity index (χ1) is 21.7. The minimum atomic E-state index is -5.08. The van der Waals surface area contributed by atoms with Crippen LogP contribution in [0.3, 0.4) is 0 Å². The molecule has 0 saturated heterocycles. The number of halogens is 6. The maximum atomic E-state index is 13.2. The molecule has 2 aromatic carbocycles. The summed E-state index contributed by atoms with van der Waals surface area (Å²) in [6, 6.07) is 7.78. The topological polar surface area (TPSA) is 225 Å². The number of carboxylic acid groups (broad SMARTS) is 1. The van der Waals surface area contributed by atoms with Crippen LogP contribution in [0.4, 0.5) is 26.3 Å². The molecule has 0 radical (unpaired) electrons. The summed E-state index contributed by atoms with van der Waals surface area (Å²) in [5.74, 6) is -2.64. The molecule has 0 aliphatic rings. The van der Waals surface area contributed by atoms with Crippen LogP contribution < -0.4 is 25.5 Å². The molecule has 0 fully saturated rings. The average molecular weight is 735 g/mol. The number of alkyl halides is 6. The lowest BCUT2D eigenvalue weighted by molar-refractivity contribution is -0.192. The molecule has 1 heterocycles. The summed E-state index contributed by atoms with van der Waals surface area (Å²) in [5.41, 5.74) is 8.89. The van der Waals surface area contributed by atoms with E-state index in [4.69, 9.17) is 40.6 Å². The number of nitriles is 1. The highest BCUT2D eigenvalue weighted by Gasteiger charge is 2.38. The molecule has 22 heteroatoms. The Kier molecular flexibility index (Phi) is 13.6. The van der Waals surface area contributed by atoms with Crippen molar-refractivity contribution >= 4 is 51.0 Å². The molecule has 47 heavy (non-hydrogen) atoms. The summed E-state index contributed by atoms with van der Waals surface area (Å²) < 4.78 is 129. The van der Waals surface area contributed by atoms with Gasteiger partial charge in [-0.2, -0.15) is 44.4 Å². The second-order valence-corrected chi connectivity index (χ2v) is 13.3. The lowest BCUT2D eigenvalue weighted by Gasteiger charge is -2.13. The molecular weight excluding hydrogens is 709 g/mol. The zero-order chi connectivity index (χ0) is 35.6. The minimum absolute atomic E-state index is 0.112. The van der Waals surface area contributed by atoms with Gasteiger partial charge in [-0.25, -0.2) is 9.36 Å². The Morgan fingerprint density at radius 1 is 1.02 bits per heavy atom. The lowest BCUT2D eigenvalue weighted by Crippen LogP contribution is -2.21. The van der Waals surface area contributed by atoms with Gasteiger partial charge in [-0.15, -0.1) is 11.3 Å². The first kappa shape index (κ1) is 39.2. The van der Waals surface area contributed by atoms with Gasteiger partial charge >= 0.3 is 25.9 Å². The SMILES string of the molecule is N#Cc1ccc(OP(=O)(O)C=NS(=O)(=O)c2cc3cc(OCCCN)c(OCCCN)cc3s2)cc1C(F)(F)F.O=C(O)C(F)(F)F. The zero-order valence-electron chi connectivity index (χ0n) is 23.6. The van der Waals surface area contributed by atoms with Crippen LogP contribution in [0.15, 0.2) is 45.0 Å². The predicted octanol–water partition coefficient (Wildman–Crippen LogP) is 4.86. The summed E-state index contributed by atoms with van der Waals surface area (Å²) in [6.07, 6.45) is -8.88. The number of benzene rings is 2. The summed E-state index contributed by atoms with van der Waals surface area (Å²) in [6.45, 7) is 1.39. The van der Waals surface area contributed by atoms with E-state index in [9.17, 15) is 44.2 Å². The fourth-order valence-electron chi connectivity index (χ4n) is 3.17. The smallest absolute Gasteiger partial charge is 0.490 e. The second-order valence-electron chi connectivity index (χ2n) is 8.85. The van der Waals surface area contributed by atoms with Crippen LogP contribution in [-0.2, 0) is 25.6 Å². The van der Waals surface area contributed by atoms with Gasteiger partial charge in [0.2, 0.25) is 0 Å². The molecule has 0 saturated carbocycles. The number of hydrogen-bond donors (Lipinski definition) is 4. The largest absolute Gasteiger partial charge is 0.490 e. The third kappa shape index (κ3) is 12.0. The Hall–Kier alpha value is -3.93. The predicted molar refractivity (Wildman–Crippen MR) is 156 cm³/mol. The summed E-state index contributed by atoms with van der Waals surface area (Å²) >= 11 is 0.808. The third-order valence-corrected chi connectivity index (χ3v) is 9.07. The van der Waals surface area contributed by atoms with Crippen molar-refractivity contribution in [3.63, 3.8) is 0 Å². The van der Waals surface area contributed by atoms with Crippen molar-refractivity contribution in [2.24, 2.45) is 15.9 Å². The molecule has 0 aliphatic carbocycles. The molecule has 258 valence electrons.